The zero-order valence-electron chi connectivity index (χ0n) is 10.8. The highest BCUT2D eigenvalue weighted by Crippen LogP contribution is 2.28. The molecule has 102 valence electrons. The van der Waals surface area contributed by atoms with E-state index in [1.54, 1.807) is 6.07 Å². The van der Waals surface area contributed by atoms with Crippen LogP contribution in [0.15, 0.2) is 22.7 Å². The van der Waals surface area contributed by atoms with Gasteiger partial charge < -0.3 is 9.67 Å². The molecule has 0 aliphatic carbocycles. The predicted molar refractivity (Wildman–Crippen MR) is 73.9 cm³/mol. The highest BCUT2D eigenvalue weighted by Gasteiger charge is 2.16. The minimum Gasteiger partial charge on any atom is -0.388 e. The Labute approximate surface area is 119 Å². The summed E-state index contributed by atoms with van der Waals surface area (Å²) in [4.78, 5) is 0. The second-order valence-electron chi connectivity index (χ2n) is 4.73. The summed E-state index contributed by atoms with van der Waals surface area (Å²) in [6.45, 7) is 4.68. The Morgan fingerprint density at radius 1 is 1.37 bits per heavy atom. The van der Waals surface area contributed by atoms with Gasteiger partial charge in [0.2, 0.25) is 0 Å². The maximum absolute atomic E-state index is 13.1. The molecule has 1 aromatic carbocycles. The third kappa shape index (κ3) is 3.01. The van der Waals surface area contributed by atoms with E-state index in [0.29, 0.717) is 28.6 Å². The second kappa shape index (κ2) is 5.79. The maximum atomic E-state index is 13.1. The third-order valence-electron chi connectivity index (χ3n) is 2.69. The van der Waals surface area contributed by atoms with Crippen molar-refractivity contribution < 1.29 is 9.50 Å². The van der Waals surface area contributed by atoms with Crippen LogP contribution >= 0.6 is 15.9 Å². The second-order valence-corrected chi connectivity index (χ2v) is 5.58. The number of aromatic nitrogens is 3. The zero-order chi connectivity index (χ0) is 14.0. The molecule has 0 bridgehead atoms. The normalized spacial score (nSPS) is 11.3. The van der Waals surface area contributed by atoms with Crippen LogP contribution in [0.25, 0.3) is 11.4 Å². The molecule has 19 heavy (non-hydrogen) atoms. The number of hydrogen-bond donors (Lipinski definition) is 1. The van der Waals surface area contributed by atoms with Crippen molar-refractivity contribution in [3.63, 3.8) is 0 Å². The van der Waals surface area contributed by atoms with E-state index in [-0.39, 0.29) is 12.4 Å². The van der Waals surface area contributed by atoms with Gasteiger partial charge in [-0.15, -0.1) is 10.2 Å². The molecular weight excluding hydrogens is 313 g/mol. The van der Waals surface area contributed by atoms with Crippen LogP contribution in [-0.2, 0) is 13.2 Å². The molecule has 0 saturated heterocycles. The molecule has 0 atom stereocenters. The van der Waals surface area contributed by atoms with Crippen molar-refractivity contribution in [1.29, 1.82) is 0 Å². The summed E-state index contributed by atoms with van der Waals surface area (Å²) in [6.07, 6.45) is 0. The van der Waals surface area contributed by atoms with Crippen LogP contribution < -0.4 is 0 Å². The molecule has 2 aromatic rings. The Kier molecular flexibility index (Phi) is 4.31. The Morgan fingerprint density at radius 3 is 2.68 bits per heavy atom. The summed E-state index contributed by atoms with van der Waals surface area (Å²) in [5.41, 5.74) is 0.759. The first kappa shape index (κ1) is 14.1. The van der Waals surface area contributed by atoms with Gasteiger partial charge >= 0.3 is 0 Å². The first-order chi connectivity index (χ1) is 9.02. The van der Waals surface area contributed by atoms with E-state index in [0.717, 1.165) is 5.56 Å². The third-order valence-corrected chi connectivity index (χ3v) is 3.34. The molecule has 4 nitrogen and oxygen atoms in total. The number of hydrogen-bond acceptors (Lipinski definition) is 3. The minimum absolute atomic E-state index is 0.168. The van der Waals surface area contributed by atoms with Crippen LogP contribution in [0.5, 0.6) is 0 Å². The monoisotopic (exact) mass is 327 g/mol. The van der Waals surface area contributed by atoms with E-state index in [1.807, 2.05) is 4.57 Å². The Morgan fingerprint density at radius 2 is 2.11 bits per heavy atom. The number of aliphatic hydroxyl groups is 1. The van der Waals surface area contributed by atoms with E-state index in [4.69, 9.17) is 0 Å². The van der Waals surface area contributed by atoms with Gasteiger partial charge in [0.15, 0.2) is 11.6 Å². The zero-order valence-corrected chi connectivity index (χ0v) is 12.4. The summed E-state index contributed by atoms with van der Waals surface area (Å²) in [7, 11) is 0. The van der Waals surface area contributed by atoms with Crippen molar-refractivity contribution in [1.82, 2.24) is 14.8 Å². The van der Waals surface area contributed by atoms with E-state index < -0.39 is 0 Å². The SMILES string of the molecule is CC(C)Cn1c(CO)nnc1-c1ccc(F)cc1Br. The molecule has 0 saturated carbocycles. The highest BCUT2D eigenvalue weighted by molar-refractivity contribution is 9.10. The van der Waals surface area contributed by atoms with Crippen LogP contribution in [0.1, 0.15) is 19.7 Å². The molecule has 0 spiro atoms. The van der Waals surface area contributed by atoms with Crippen molar-refractivity contribution in [2.75, 3.05) is 0 Å². The highest BCUT2D eigenvalue weighted by atomic mass is 79.9. The smallest absolute Gasteiger partial charge is 0.165 e. The van der Waals surface area contributed by atoms with Crippen molar-refractivity contribution in [2.24, 2.45) is 5.92 Å². The summed E-state index contributed by atoms with van der Waals surface area (Å²) in [5, 5.41) is 17.4. The Balaban J connectivity index is 2.52. The summed E-state index contributed by atoms with van der Waals surface area (Å²) in [6, 6.07) is 4.43. The molecule has 0 aliphatic rings. The summed E-state index contributed by atoms with van der Waals surface area (Å²) in [5.74, 6) is 1.22. The van der Waals surface area contributed by atoms with Crippen LogP contribution in [0, 0.1) is 11.7 Å². The fourth-order valence-electron chi connectivity index (χ4n) is 1.88. The molecule has 0 unspecified atom stereocenters. The van der Waals surface area contributed by atoms with Gasteiger partial charge in [-0.1, -0.05) is 13.8 Å². The molecule has 0 radical (unpaired) electrons. The number of aliphatic hydroxyl groups excluding tert-OH is 1. The van der Waals surface area contributed by atoms with Gasteiger partial charge in [0.25, 0.3) is 0 Å². The van der Waals surface area contributed by atoms with Gasteiger partial charge in [0.05, 0.1) is 0 Å². The number of halogens is 2. The predicted octanol–water partition coefficient (Wildman–Crippen LogP) is 3.00. The van der Waals surface area contributed by atoms with Crippen LogP contribution in [-0.4, -0.2) is 19.9 Å². The fraction of sp³-hybridized carbons (Fsp3) is 0.385. The fourth-order valence-corrected chi connectivity index (χ4v) is 2.41. The van der Waals surface area contributed by atoms with Gasteiger partial charge in [0, 0.05) is 16.6 Å². The Bertz CT molecular complexity index is 583. The lowest BCUT2D eigenvalue weighted by molar-refractivity contribution is 0.262. The van der Waals surface area contributed by atoms with Crippen LogP contribution in [0.3, 0.4) is 0 Å². The van der Waals surface area contributed by atoms with Crippen LogP contribution in [0.4, 0.5) is 4.39 Å². The lowest BCUT2D eigenvalue weighted by atomic mass is 10.2. The molecule has 1 aromatic heterocycles. The van der Waals surface area contributed by atoms with Crippen molar-refractivity contribution in [2.45, 2.75) is 27.0 Å². The average Bonchev–Trinajstić information content (AvgIpc) is 2.71. The lowest BCUT2D eigenvalue weighted by Gasteiger charge is -2.12. The summed E-state index contributed by atoms with van der Waals surface area (Å²) < 4.78 is 15.6. The van der Waals surface area contributed by atoms with Gasteiger partial charge in [-0.2, -0.15) is 0 Å². The first-order valence-electron chi connectivity index (χ1n) is 6.01. The molecular formula is C13H15BrFN3O. The van der Waals surface area contributed by atoms with E-state index in [2.05, 4.69) is 40.0 Å². The number of benzene rings is 1. The van der Waals surface area contributed by atoms with Gasteiger partial charge in [0.1, 0.15) is 12.4 Å². The van der Waals surface area contributed by atoms with Gasteiger partial charge in [-0.25, -0.2) is 4.39 Å². The van der Waals surface area contributed by atoms with E-state index in [9.17, 15) is 9.50 Å². The average molecular weight is 328 g/mol. The molecule has 2 rings (SSSR count). The molecule has 1 heterocycles. The van der Waals surface area contributed by atoms with Gasteiger partial charge in [-0.05, 0) is 40.0 Å². The maximum Gasteiger partial charge on any atom is 0.165 e. The van der Waals surface area contributed by atoms with Crippen LogP contribution in [0.2, 0.25) is 0 Å². The minimum atomic E-state index is -0.312. The standard InChI is InChI=1S/C13H15BrFN3O/c1-8(2)6-18-12(7-19)16-17-13(18)10-4-3-9(15)5-11(10)14/h3-5,8,19H,6-7H2,1-2H3. The van der Waals surface area contributed by atoms with Crippen molar-refractivity contribution in [3.8, 4) is 11.4 Å². The molecule has 0 amide bonds. The van der Waals surface area contributed by atoms with Crippen molar-refractivity contribution in [3.05, 3.63) is 34.3 Å². The molecule has 0 fully saturated rings. The van der Waals surface area contributed by atoms with Gasteiger partial charge in [-0.3, -0.25) is 0 Å². The topological polar surface area (TPSA) is 50.9 Å². The quantitative estimate of drug-likeness (QED) is 0.939. The van der Waals surface area contributed by atoms with Crippen molar-refractivity contribution >= 4 is 15.9 Å². The molecule has 0 aliphatic heterocycles. The Hall–Kier alpha value is -1.27. The largest absolute Gasteiger partial charge is 0.388 e. The van der Waals surface area contributed by atoms with E-state index >= 15 is 0 Å². The summed E-state index contributed by atoms with van der Waals surface area (Å²) >= 11 is 3.33. The number of rotatable bonds is 4. The van der Waals surface area contributed by atoms with E-state index in [1.165, 1.54) is 12.1 Å². The molecule has 6 heteroatoms. The molecule has 1 N–H and O–H groups in total. The lowest BCUT2D eigenvalue weighted by Crippen LogP contribution is -2.10. The number of nitrogens with zero attached hydrogens (tertiary/aromatic N) is 3. The first-order valence-corrected chi connectivity index (χ1v) is 6.80.